The summed E-state index contributed by atoms with van der Waals surface area (Å²) in [7, 11) is 1.64. The van der Waals surface area contributed by atoms with Crippen molar-refractivity contribution in [2.45, 2.75) is 31.9 Å². The number of rotatable bonds is 5. The van der Waals surface area contributed by atoms with E-state index in [-0.39, 0.29) is 17.1 Å². The van der Waals surface area contributed by atoms with E-state index in [0.717, 1.165) is 12.8 Å². The Morgan fingerprint density at radius 1 is 1.57 bits per heavy atom. The molecule has 0 bridgehead atoms. The van der Waals surface area contributed by atoms with Crippen molar-refractivity contribution in [1.82, 2.24) is 10.2 Å². The molecule has 21 heavy (non-hydrogen) atoms. The fourth-order valence-electron chi connectivity index (χ4n) is 2.22. The lowest BCUT2D eigenvalue weighted by atomic mass is 10.1. The normalized spacial score (nSPS) is 17.2. The topological polar surface area (TPSA) is 52.6 Å². The van der Waals surface area contributed by atoms with Crippen LogP contribution in [0.3, 0.4) is 0 Å². The van der Waals surface area contributed by atoms with Crippen molar-refractivity contribution in [2.75, 3.05) is 13.6 Å². The van der Waals surface area contributed by atoms with Gasteiger partial charge in [-0.1, -0.05) is 17.7 Å². The van der Waals surface area contributed by atoms with Gasteiger partial charge in [0.25, 0.3) is 0 Å². The van der Waals surface area contributed by atoms with E-state index in [4.69, 9.17) is 11.6 Å². The predicted octanol–water partition coefficient (Wildman–Crippen LogP) is 2.95. The van der Waals surface area contributed by atoms with Gasteiger partial charge in [-0.15, -0.1) is 0 Å². The molecular formula is C15H20ClFN2O2. The number of likely N-dealkylation sites (N-methyl/N-ethyl adjacent to an activating group) is 1. The third-order valence-corrected chi connectivity index (χ3v) is 4.07. The number of amides is 2. The van der Waals surface area contributed by atoms with E-state index in [0.29, 0.717) is 18.0 Å². The lowest BCUT2D eigenvalue weighted by molar-refractivity contribution is 0.113. The first-order valence-electron chi connectivity index (χ1n) is 7.03. The Morgan fingerprint density at radius 2 is 2.24 bits per heavy atom. The lowest BCUT2D eigenvalue weighted by Crippen LogP contribution is -2.42. The zero-order valence-corrected chi connectivity index (χ0v) is 12.9. The van der Waals surface area contributed by atoms with Crippen LogP contribution >= 0.6 is 11.6 Å². The molecule has 0 unspecified atom stereocenters. The molecule has 1 aromatic carbocycles. The Morgan fingerprint density at radius 3 is 2.81 bits per heavy atom. The highest BCUT2D eigenvalue weighted by Crippen LogP contribution is 2.32. The molecule has 0 radical (unpaired) electrons. The molecule has 1 aliphatic rings. The minimum absolute atomic E-state index is 0.281. The van der Waals surface area contributed by atoms with Gasteiger partial charge in [0.1, 0.15) is 5.82 Å². The smallest absolute Gasteiger partial charge is 0.317 e. The van der Waals surface area contributed by atoms with Crippen LogP contribution in [0.2, 0.25) is 5.02 Å². The fourth-order valence-corrected chi connectivity index (χ4v) is 2.55. The first kappa shape index (κ1) is 16.0. The zero-order chi connectivity index (χ0) is 15.6. The lowest BCUT2D eigenvalue weighted by Gasteiger charge is -2.24. The fraction of sp³-hybridized carbons (Fsp3) is 0.533. The predicted molar refractivity (Wildman–Crippen MR) is 79.7 cm³/mol. The highest BCUT2D eigenvalue weighted by Gasteiger charge is 2.31. The monoisotopic (exact) mass is 314 g/mol. The van der Waals surface area contributed by atoms with E-state index >= 15 is 0 Å². The van der Waals surface area contributed by atoms with Crippen LogP contribution in [0.4, 0.5) is 9.18 Å². The molecule has 1 aromatic rings. The van der Waals surface area contributed by atoms with Crippen LogP contribution in [0, 0.1) is 11.7 Å². The highest BCUT2D eigenvalue weighted by atomic mass is 35.5. The summed E-state index contributed by atoms with van der Waals surface area (Å²) in [6.45, 7) is 2.09. The van der Waals surface area contributed by atoms with E-state index in [2.05, 4.69) is 5.32 Å². The third-order valence-electron chi connectivity index (χ3n) is 3.74. The highest BCUT2D eigenvalue weighted by molar-refractivity contribution is 6.31. The number of hydrogen-bond donors (Lipinski definition) is 2. The van der Waals surface area contributed by atoms with E-state index in [1.807, 2.05) is 0 Å². The van der Waals surface area contributed by atoms with Crippen molar-refractivity contribution in [3.63, 3.8) is 0 Å². The maximum Gasteiger partial charge on any atom is 0.317 e. The molecule has 0 aliphatic heterocycles. The first-order valence-corrected chi connectivity index (χ1v) is 7.41. The molecule has 1 fully saturated rings. The Bertz CT molecular complexity index is 522. The summed E-state index contributed by atoms with van der Waals surface area (Å²) in [6, 6.07) is 3.46. The molecule has 2 amide bonds. The minimum Gasteiger partial charge on any atom is -0.391 e. The molecule has 2 rings (SSSR count). The van der Waals surface area contributed by atoms with Crippen LogP contribution in [0.1, 0.15) is 31.4 Å². The van der Waals surface area contributed by atoms with Crippen LogP contribution in [-0.2, 0) is 0 Å². The molecule has 0 heterocycles. The number of nitrogens with zero attached hydrogens (tertiary/aromatic N) is 1. The van der Waals surface area contributed by atoms with E-state index in [1.165, 1.54) is 17.0 Å². The van der Waals surface area contributed by atoms with Gasteiger partial charge in [-0.25, -0.2) is 9.18 Å². The van der Waals surface area contributed by atoms with Crippen molar-refractivity contribution in [3.05, 3.63) is 34.6 Å². The average molecular weight is 315 g/mol. The summed E-state index contributed by atoms with van der Waals surface area (Å²) in [4.78, 5) is 13.5. The van der Waals surface area contributed by atoms with Crippen molar-refractivity contribution in [3.8, 4) is 0 Å². The molecule has 6 heteroatoms. The number of benzene rings is 1. The molecular weight excluding hydrogens is 295 g/mol. The Balaban J connectivity index is 1.91. The molecule has 2 atom stereocenters. The number of halogens is 2. The van der Waals surface area contributed by atoms with Gasteiger partial charge < -0.3 is 15.3 Å². The number of hydrogen-bond acceptors (Lipinski definition) is 2. The van der Waals surface area contributed by atoms with Crippen LogP contribution in [-0.4, -0.2) is 35.7 Å². The molecule has 2 N–H and O–H groups in total. The van der Waals surface area contributed by atoms with Gasteiger partial charge in [-0.2, -0.15) is 0 Å². The molecule has 116 valence electrons. The summed E-state index contributed by atoms with van der Waals surface area (Å²) < 4.78 is 13.0. The van der Waals surface area contributed by atoms with E-state index < -0.39 is 11.9 Å². The number of carbonyl (C=O) groups is 1. The van der Waals surface area contributed by atoms with Crippen LogP contribution in [0.25, 0.3) is 0 Å². The zero-order valence-electron chi connectivity index (χ0n) is 12.1. The quantitative estimate of drug-likeness (QED) is 0.878. The van der Waals surface area contributed by atoms with Crippen molar-refractivity contribution < 1.29 is 14.3 Å². The molecule has 1 aliphatic carbocycles. The van der Waals surface area contributed by atoms with Gasteiger partial charge in [0.05, 0.1) is 12.1 Å². The summed E-state index contributed by atoms with van der Waals surface area (Å²) in [6.07, 6.45) is 1.58. The van der Waals surface area contributed by atoms with E-state index in [1.54, 1.807) is 20.0 Å². The maximum atomic E-state index is 13.0. The van der Waals surface area contributed by atoms with Gasteiger partial charge in [0.2, 0.25) is 0 Å². The second-order valence-electron chi connectivity index (χ2n) is 5.62. The summed E-state index contributed by atoms with van der Waals surface area (Å²) >= 11 is 5.98. The minimum atomic E-state index is -0.467. The van der Waals surface area contributed by atoms with Gasteiger partial charge in [-0.05, 0) is 43.4 Å². The standard InChI is InChI=1S/C15H20ClFN2O2/c1-9(12-6-5-11(17)7-13(12)16)18-15(21)19(2)8-14(20)10-3-4-10/h5-7,9-10,14,20H,3-4,8H2,1-2H3,(H,18,21)/t9-,14-/m0/s1. The van der Waals surface area contributed by atoms with Gasteiger partial charge >= 0.3 is 6.03 Å². The van der Waals surface area contributed by atoms with Crippen LogP contribution in [0.15, 0.2) is 18.2 Å². The second-order valence-corrected chi connectivity index (χ2v) is 6.03. The molecule has 0 spiro atoms. The number of carbonyl (C=O) groups excluding carboxylic acids is 1. The average Bonchev–Trinajstić information content (AvgIpc) is 3.22. The number of aliphatic hydroxyl groups is 1. The summed E-state index contributed by atoms with van der Waals surface area (Å²) in [5.41, 5.74) is 0.655. The SMILES string of the molecule is C[C@H](NC(=O)N(C)C[C@H](O)C1CC1)c1ccc(F)cc1Cl. The Kier molecular flexibility index (Phi) is 5.06. The Hall–Kier alpha value is -1.33. The van der Waals surface area contributed by atoms with Gasteiger partial charge in [-0.3, -0.25) is 0 Å². The van der Waals surface area contributed by atoms with Crippen molar-refractivity contribution >= 4 is 17.6 Å². The molecule has 0 saturated heterocycles. The number of nitrogens with one attached hydrogen (secondary N) is 1. The summed E-state index contributed by atoms with van der Waals surface area (Å²) in [5.74, 6) is -0.0869. The number of aliphatic hydroxyl groups excluding tert-OH is 1. The molecule has 0 aromatic heterocycles. The van der Waals surface area contributed by atoms with E-state index in [9.17, 15) is 14.3 Å². The van der Waals surface area contributed by atoms with Gasteiger partial charge in [0.15, 0.2) is 0 Å². The van der Waals surface area contributed by atoms with Crippen LogP contribution in [0.5, 0.6) is 0 Å². The maximum absolute atomic E-state index is 13.0. The Labute approximate surface area is 128 Å². The van der Waals surface area contributed by atoms with Crippen LogP contribution < -0.4 is 5.32 Å². The number of urea groups is 1. The second kappa shape index (κ2) is 6.62. The summed E-state index contributed by atoms with van der Waals surface area (Å²) in [5, 5.41) is 12.9. The van der Waals surface area contributed by atoms with Crippen molar-refractivity contribution in [1.29, 1.82) is 0 Å². The molecule has 4 nitrogen and oxygen atoms in total. The van der Waals surface area contributed by atoms with Crippen molar-refractivity contribution in [2.24, 2.45) is 5.92 Å². The third kappa shape index (κ3) is 4.32. The largest absolute Gasteiger partial charge is 0.391 e. The first-order chi connectivity index (χ1) is 9.88. The van der Waals surface area contributed by atoms with Gasteiger partial charge in [0, 0.05) is 18.6 Å². The molecule has 1 saturated carbocycles.